The van der Waals surface area contributed by atoms with E-state index >= 15 is 0 Å². The summed E-state index contributed by atoms with van der Waals surface area (Å²) in [5, 5.41) is 5.26. The molecular weight excluding hydrogens is 429 g/mol. The quantitative estimate of drug-likeness (QED) is 0.504. The highest BCUT2D eigenvalue weighted by atomic mass is 19.1. The Morgan fingerprint density at radius 3 is 2.76 bits per heavy atom. The number of ether oxygens (including phenoxy) is 2. The van der Waals surface area contributed by atoms with E-state index in [1.807, 2.05) is 6.07 Å². The summed E-state index contributed by atoms with van der Waals surface area (Å²) in [4.78, 5) is 26.9. The molecule has 0 aliphatic carbocycles. The predicted molar refractivity (Wildman–Crippen MR) is 117 cm³/mol. The molecule has 11 heteroatoms. The number of aromatic nitrogens is 5. The number of hydrogen-bond acceptors (Lipinski definition) is 8. The molecule has 0 atom stereocenters. The van der Waals surface area contributed by atoms with Crippen LogP contribution in [0.3, 0.4) is 0 Å². The normalized spacial score (nSPS) is 13.9. The van der Waals surface area contributed by atoms with Gasteiger partial charge in [-0.3, -0.25) is 0 Å². The molecule has 5 rings (SSSR count). The van der Waals surface area contributed by atoms with Gasteiger partial charge in [-0.05, 0) is 18.2 Å². The molecule has 1 aromatic carbocycles. The van der Waals surface area contributed by atoms with E-state index in [1.165, 1.54) is 17.2 Å². The maximum atomic E-state index is 14.2. The van der Waals surface area contributed by atoms with Gasteiger partial charge in [0.2, 0.25) is 0 Å². The topological polar surface area (TPSA) is 121 Å². The Kier molecular flexibility index (Phi) is 5.53. The number of amides is 1. The van der Waals surface area contributed by atoms with Gasteiger partial charge in [0, 0.05) is 24.8 Å². The van der Waals surface area contributed by atoms with Crippen molar-refractivity contribution < 1.29 is 18.7 Å². The SMILES string of the molecule is Nc1nc(-c2nn(Cc3ccccc3F)c3ncccc23)ncc1OC(=O)N1CCOCC1. The highest BCUT2D eigenvalue weighted by Crippen LogP contribution is 2.28. The fourth-order valence-corrected chi connectivity index (χ4v) is 3.55. The highest BCUT2D eigenvalue weighted by Gasteiger charge is 2.22. The second-order valence-electron chi connectivity index (χ2n) is 7.38. The molecule has 168 valence electrons. The standard InChI is InChI=1S/C22H20FN7O3/c23-16-6-2-1-4-14(16)13-30-21-15(5-3-7-25-21)18(28-30)20-26-12-17(19(24)27-20)33-22(31)29-8-10-32-11-9-29/h1-7,12H,8-11,13H2,(H2,24,26,27). The molecule has 4 aromatic rings. The van der Waals surface area contributed by atoms with Gasteiger partial charge in [-0.1, -0.05) is 18.2 Å². The molecule has 0 saturated carbocycles. The van der Waals surface area contributed by atoms with Crippen molar-refractivity contribution in [2.45, 2.75) is 6.54 Å². The minimum atomic E-state index is -0.537. The van der Waals surface area contributed by atoms with Crippen LogP contribution in [-0.2, 0) is 11.3 Å². The van der Waals surface area contributed by atoms with E-state index in [4.69, 9.17) is 15.2 Å². The van der Waals surface area contributed by atoms with Crippen LogP contribution in [0.2, 0.25) is 0 Å². The van der Waals surface area contributed by atoms with Crippen LogP contribution in [0.1, 0.15) is 5.56 Å². The van der Waals surface area contributed by atoms with Crippen LogP contribution in [0, 0.1) is 5.82 Å². The van der Waals surface area contributed by atoms with Crippen molar-refractivity contribution in [2.75, 3.05) is 32.0 Å². The molecule has 0 spiro atoms. The molecule has 1 saturated heterocycles. The minimum Gasteiger partial charge on any atom is -0.405 e. The van der Waals surface area contributed by atoms with Crippen LogP contribution in [-0.4, -0.2) is 62.0 Å². The number of rotatable bonds is 4. The zero-order valence-electron chi connectivity index (χ0n) is 17.5. The lowest BCUT2D eigenvalue weighted by Gasteiger charge is -2.25. The van der Waals surface area contributed by atoms with Crippen LogP contribution >= 0.6 is 0 Å². The Morgan fingerprint density at radius 2 is 1.97 bits per heavy atom. The molecule has 4 heterocycles. The average molecular weight is 449 g/mol. The Labute approximate surface area is 187 Å². The predicted octanol–water partition coefficient (Wildman–Crippen LogP) is 2.49. The number of carbonyl (C=O) groups excluding carboxylic acids is 1. The molecule has 1 fully saturated rings. The van der Waals surface area contributed by atoms with Crippen molar-refractivity contribution in [1.29, 1.82) is 0 Å². The molecule has 0 unspecified atom stereocenters. The first-order valence-corrected chi connectivity index (χ1v) is 10.3. The summed E-state index contributed by atoms with van der Waals surface area (Å²) in [5.74, 6) is -0.0275. The largest absolute Gasteiger partial charge is 0.415 e. The van der Waals surface area contributed by atoms with Gasteiger partial charge in [0.15, 0.2) is 23.0 Å². The van der Waals surface area contributed by atoms with E-state index in [1.54, 1.807) is 35.1 Å². The van der Waals surface area contributed by atoms with Crippen LogP contribution in [0.15, 0.2) is 48.8 Å². The van der Waals surface area contributed by atoms with Crippen molar-refractivity contribution in [3.63, 3.8) is 0 Å². The molecule has 10 nitrogen and oxygen atoms in total. The van der Waals surface area contributed by atoms with Gasteiger partial charge in [-0.15, -0.1) is 0 Å². The van der Waals surface area contributed by atoms with E-state index in [0.717, 1.165) is 0 Å². The second kappa shape index (κ2) is 8.79. The van der Waals surface area contributed by atoms with Crippen molar-refractivity contribution in [2.24, 2.45) is 0 Å². The van der Waals surface area contributed by atoms with E-state index in [9.17, 15) is 9.18 Å². The van der Waals surface area contributed by atoms with E-state index in [-0.39, 0.29) is 29.8 Å². The number of nitrogens with two attached hydrogens (primary N) is 1. The van der Waals surface area contributed by atoms with Crippen LogP contribution in [0.5, 0.6) is 5.75 Å². The molecular formula is C22H20FN7O3. The van der Waals surface area contributed by atoms with Gasteiger partial charge in [-0.25, -0.2) is 28.8 Å². The number of pyridine rings is 1. The number of nitrogen functional groups attached to an aromatic ring is 1. The Bertz CT molecular complexity index is 1320. The average Bonchev–Trinajstić information content (AvgIpc) is 3.21. The molecule has 1 aliphatic rings. The number of fused-ring (bicyclic) bond motifs is 1. The first-order valence-electron chi connectivity index (χ1n) is 10.3. The summed E-state index contributed by atoms with van der Waals surface area (Å²) in [7, 11) is 0. The van der Waals surface area contributed by atoms with Gasteiger partial charge < -0.3 is 20.1 Å². The van der Waals surface area contributed by atoms with Crippen LogP contribution in [0.4, 0.5) is 15.0 Å². The van der Waals surface area contributed by atoms with Crippen molar-refractivity contribution >= 4 is 22.9 Å². The zero-order chi connectivity index (χ0) is 22.8. The van der Waals surface area contributed by atoms with E-state index in [0.29, 0.717) is 48.6 Å². The van der Waals surface area contributed by atoms with Crippen LogP contribution < -0.4 is 10.5 Å². The lowest BCUT2D eigenvalue weighted by atomic mass is 10.2. The molecule has 1 aliphatic heterocycles. The van der Waals surface area contributed by atoms with E-state index in [2.05, 4.69) is 20.1 Å². The van der Waals surface area contributed by atoms with Gasteiger partial charge in [0.25, 0.3) is 0 Å². The maximum absolute atomic E-state index is 14.2. The smallest absolute Gasteiger partial charge is 0.405 e. The maximum Gasteiger partial charge on any atom is 0.415 e. The van der Waals surface area contributed by atoms with Crippen LogP contribution in [0.25, 0.3) is 22.6 Å². The summed E-state index contributed by atoms with van der Waals surface area (Å²) in [6.07, 6.45) is 2.44. The van der Waals surface area contributed by atoms with E-state index < -0.39 is 6.09 Å². The summed E-state index contributed by atoms with van der Waals surface area (Å²) in [6, 6.07) is 10.1. The number of morpholine rings is 1. The fourth-order valence-electron chi connectivity index (χ4n) is 3.55. The molecule has 3 aromatic heterocycles. The van der Waals surface area contributed by atoms with Gasteiger partial charge in [0.05, 0.1) is 31.3 Å². The van der Waals surface area contributed by atoms with Gasteiger partial charge >= 0.3 is 6.09 Å². The third-order valence-electron chi connectivity index (χ3n) is 5.25. The Balaban J connectivity index is 1.45. The molecule has 2 N–H and O–H groups in total. The second-order valence-corrected chi connectivity index (χ2v) is 7.38. The third kappa shape index (κ3) is 4.17. The first kappa shape index (κ1) is 20.8. The Morgan fingerprint density at radius 1 is 1.15 bits per heavy atom. The number of halogens is 1. The fraction of sp³-hybridized carbons (Fsp3) is 0.227. The lowest BCUT2D eigenvalue weighted by Crippen LogP contribution is -2.42. The molecule has 0 radical (unpaired) electrons. The monoisotopic (exact) mass is 449 g/mol. The number of benzene rings is 1. The zero-order valence-corrected chi connectivity index (χ0v) is 17.5. The Hall–Kier alpha value is -4.12. The lowest BCUT2D eigenvalue weighted by molar-refractivity contribution is 0.0416. The summed E-state index contributed by atoms with van der Waals surface area (Å²) in [6.45, 7) is 1.98. The van der Waals surface area contributed by atoms with Gasteiger partial charge in [-0.2, -0.15) is 5.10 Å². The highest BCUT2D eigenvalue weighted by molar-refractivity contribution is 5.89. The van der Waals surface area contributed by atoms with Crippen molar-refractivity contribution in [3.8, 4) is 17.3 Å². The summed E-state index contributed by atoms with van der Waals surface area (Å²) >= 11 is 0. The van der Waals surface area contributed by atoms with Crippen molar-refractivity contribution in [1.82, 2.24) is 29.6 Å². The number of nitrogens with zero attached hydrogens (tertiary/aromatic N) is 6. The first-order chi connectivity index (χ1) is 16.1. The number of hydrogen-bond donors (Lipinski definition) is 1. The van der Waals surface area contributed by atoms with Crippen molar-refractivity contribution in [3.05, 3.63) is 60.2 Å². The van der Waals surface area contributed by atoms with Gasteiger partial charge in [0.1, 0.15) is 11.5 Å². The summed E-state index contributed by atoms with van der Waals surface area (Å²) < 4.78 is 26.4. The third-order valence-corrected chi connectivity index (χ3v) is 5.25. The summed E-state index contributed by atoms with van der Waals surface area (Å²) in [5.41, 5.74) is 7.53. The number of anilines is 1. The minimum absolute atomic E-state index is 0.00213. The number of carbonyl (C=O) groups is 1. The molecule has 0 bridgehead atoms. The molecule has 33 heavy (non-hydrogen) atoms. The molecule has 1 amide bonds.